The molecule has 1 aliphatic rings. The maximum absolute atomic E-state index is 12.7. The third kappa shape index (κ3) is 6.45. The van der Waals surface area contributed by atoms with Gasteiger partial charge in [0.2, 0.25) is 5.91 Å². The van der Waals surface area contributed by atoms with Gasteiger partial charge in [-0.25, -0.2) is 9.50 Å². The SMILES string of the molecule is C=C(CC1(NC(=O)CC(C)C)CCN(c2ccc(-c3cc(OCC)cn4ncc(C#N)c34)cn2)CC1)N=CC. The molecule has 39 heavy (non-hydrogen) atoms. The van der Waals surface area contributed by atoms with Crippen molar-refractivity contribution in [2.75, 3.05) is 24.6 Å². The molecule has 1 N–H and O–H groups in total. The number of nitrogens with one attached hydrogen (secondary N) is 1. The van der Waals surface area contributed by atoms with E-state index in [1.807, 2.05) is 38.2 Å². The van der Waals surface area contributed by atoms with Gasteiger partial charge in [0.15, 0.2) is 0 Å². The average Bonchev–Trinajstić information content (AvgIpc) is 3.32. The lowest BCUT2D eigenvalue weighted by Crippen LogP contribution is -2.55. The molecule has 204 valence electrons. The minimum atomic E-state index is -0.368. The first-order chi connectivity index (χ1) is 18.8. The Hall–Kier alpha value is -4.19. The molecule has 4 heterocycles. The Kier molecular flexibility index (Phi) is 8.65. The Morgan fingerprint density at radius 2 is 2.10 bits per heavy atom. The predicted octanol–water partition coefficient (Wildman–Crippen LogP) is 5.16. The lowest BCUT2D eigenvalue weighted by Gasteiger charge is -2.43. The van der Waals surface area contributed by atoms with Crippen LogP contribution < -0.4 is 15.0 Å². The van der Waals surface area contributed by atoms with E-state index in [1.54, 1.807) is 23.1 Å². The summed E-state index contributed by atoms with van der Waals surface area (Å²) in [5.41, 5.74) is 3.35. The Morgan fingerprint density at radius 3 is 2.72 bits per heavy atom. The van der Waals surface area contributed by atoms with Gasteiger partial charge in [-0.15, -0.1) is 0 Å². The first-order valence-electron chi connectivity index (χ1n) is 13.5. The average molecular weight is 528 g/mol. The van der Waals surface area contributed by atoms with Crippen LogP contribution in [-0.2, 0) is 4.79 Å². The fourth-order valence-corrected chi connectivity index (χ4v) is 5.22. The second-order valence-electron chi connectivity index (χ2n) is 10.4. The lowest BCUT2D eigenvalue weighted by atomic mass is 9.83. The van der Waals surface area contributed by atoms with Crippen LogP contribution in [0.15, 0.2) is 54.1 Å². The summed E-state index contributed by atoms with van der Waals surface area (Å²) in [6, 6.07) is 8.18. The number of pyridine rings is 2. The van der Waals surface area contributed by atoms with E-state index in [0.29, 0.717) is 36.7 Å². The molecule has 3 aromatic rings. The molecule has 0 unspecified atom stereocenters. The standard InChI is InChI=1S/C30H37N7O2/c1-6-32-22(5)16-30(35-28(38)14-21(3)4)10-12-36(13-11-30)27-9-8-23(18-33-27)26-15-25(39-7-2)20-37-29(26)24(17-31)19-34-37/h6,8-9,15,18-21H,5,7,10-14,16H2,1-4H3,(H,35,38). The molecule has 0 aliphatic carbocycles. The number of nitrogens with zero attached hydrogens (tertiary/aromatic N) is 6. The van der Waals surface area contributed by atoms with Gasteiger partial charge in [-0.3, -0.25) is 9.79 Å². The van der Waals surface area contributed by atoms with Crippen LogP contribution in [0.2, 0.25) is 0 Å². The maximum Gasteiger partial charge on any atom is 0.220 e. The minimum absolute atomic E-state index is 0.0754. The number of ether oxygens (including phenoxy) is 1. The Labute approximate surface area is 230 Å². The summed E-state index contributed by atoms with van der Waals surface area (Å²) in [6.07, 6.45) is 9.60. The molecule has 9 heteroatoms. The van der Waals surface area contributed by atoms with Crippen LogP contribution in [0.3, 0.4) is 0 Å². The van der Waals surface area contributed by atoms with Gasteiger partial charge in [-0.05, 0) is 50.8 Å². The van der Waals surface area contributed by atoms with E-state index >= 15 is 0 Å². The second-order valence-corrected chi connectivity index (χ2v) is 10.4. The molecule has 0 aromatic carbocycles. The molecule has 1 amide bonds. The second kappa shape index (κ2) is 12.1. The molecule has 1 fully saturated rings. The van der Waals surface area contributed by atoms with Crippen molar-refractivity contribution in [2.45, 2.75) is 58.9 Å². The van der Waals surface area contributed by atoms with Crippen LogP contribution in [0, 0.1) is 17.2 Å². The molecule has 1 saturated heterocycles. The van der Waals surface area contributed by atoms with Gasteiger partial charge in [0, 0.05) is 60.7 Å². The van der Waals surface area contributed by atoms with Crippen molar-refractivity contribution in [1.82, 2.24) is 19.9 Å². The summed E-state index contributed by atoms with van der Waals surface area (Å²) in [5.74, 6) is 1.92. The molecule has 3 aromatic heterocycles. The van der Waals surface area contributed by atoms with E-state index in [0.717, 1.165) is 54.1 Å². The van der Waals surface area contributed by atoms with E-state index in [1.165, 1.54) is 0 Å². The number of hydrogen-bond acceptors (Lipinski definition) is 7. The Morgan fingerprint density at radius 1 is 1.33 bits per heavy atom. The molecule has 0 atom stereocenters. The van der Waals surface area contributed by atoms with Gasteiger partial charge in [-0.1, -0.05) is 20.4 Å². The topological polar surface area (TPSA) is 108 Å². The monoisotopic (exact) mass is 527 g/mol. The smallest absolute Gasteiger partial charge is 0.220 e. The van der Waals surface area contributed by atoms with Gasteiger partial charge in [0.25, 0.3) is 0 Å². The summed E-state index contributed by atoms with van der Waals surface area (Å²) in [7, 11) is 0. The quantitative estimate of drug-likeness (QED) is 0.365. The fraction of sp³-hybridized carbons (Fsp3) is 0.433. The number of anilines is 1. The molecule has 0 radical (unpaired) electrons. The van der Waals surface area contributed by atoms with Gasteiger partial charge in [-0.2, -0.15) is 10.4 Å². The van der Waals surface area contributed by atoms with Gasteiger partial charge in [0.1, 0.15) is 17.6 Å². The third-order valence-electron chi connectivity index (χ3n) is 6.97. The van der Waals surface area contributed by atoms with Crippen molar-refractivity contribution >= 4 is 23.5 Å². The highest BCUT2D eigenvalue weighted by molar-refractivity contribution is 5.85. The molecular formula is C30H37N7O2. The van der Waals surface area contributed by atoms with Crippen molar-refractivity contribution in [1.29, 1.82) is 5.26 Å². The van der Waals surface area contributed by atoms with Gasteiger partial charge in [0.05, 0.1) is 30.1 Å². The first kappa shape index (κ1) is 27.8. The van der Waals surface area contributed by atoms with E-state index in [2.05, 4.69) is 46.8 Å². The van der Waals surface area contributed by atoms with E-state index < -0.39 is 0 Å². The van der Waals surface area contributed by atoms with Crippen molar-refractivity contribution in [3.63, 3.8) is 0 Å². The fourth-order valence-electron chi connectivity index (χ4n) is 5.22. The van der Waals surface area contributed by atoms with Crippen LogP contribution in [0.25, 0.3) is 16.6 Å². The zero-order chi connectivity index (χ0) is 28.0. The molecule has 0 spiro atoms. The van der Waals surface area contributed by atoms with E-state index in [9.17, 15) is 10.1 Å². The van der Waals surface area contributed by atoms with Crippen LogP contribution in [-0.4, -0.2) is 52.0 Å². The number of rotatable bonds is 10. The van der Waals surface area contributed by atoms with Crippen molar-refractivity contribution in [3.05, 3.63) is 54.6 Å². The summed E-state index contributed by atoms with van der Waals surface area (Å²) in [4.78, 5) is 24.1. The molecule has 9 nitrogen and oxygen atoms in total. The summed E-state index contributed by atoms with van der Waals surface area (Å²) in [6.45, 7) is 14.0. The largest absolute Gasteiger partial charge is 0.492 e. The van der Waals surface area contributed by atoms with Crippen molar-refractivity contribution in [2.24, 2.45) is 10.9 Å². The molecule has 0 saturated carbocycles. The number of aliphatic imine (C=N–C) groups is 1. The van der Waals surface area contributed by atoms with Crippen LogP contribution >= 0.6 is 0 Å². The molecule has 1 aliphatic heterocycles. The van der Waals surface area contributed by atoms with Crippen LogP contribution in [0.1, 0.15) is 58.9 Å². The number of hydrogen-bond donors (Lipinski definition) is 1. The molecule has 0 bridgehead atoms. The number of carbonyl (C=O) groups excluding carboxylic acids is 1. The number of fused-ring (bicyclic) bond motifs is 1. The normalized spacial score (nSPS) is 15.0. The number of amides is 1. The highest BCUT2D eigenvalue weighted by atomic mass is 16.5. The maximum atomic E-state index is 12.7. The highest BCUT2D eigenvalue weighted by Gasteiger charge is 2.37. The number of piperidine rings is 1. The number of carbonyl (C=O) groups is 1. The summed E-state index contributed by atoms with van der Waals surface area (Å²) in [5, 5.41) is 17.3. The summed E-state index contributed by atoms with van der Waals surface area (Å²) < 4.78 is 7.41. The zero-order valence-electron chi connectivity index (χ0n) is 23.3. The predicted molar refractivity (Wildman–Crippen MR) is 154 cm³/mol. The van der Waals surface area contributed by atoms with Crippen molar-refractivity contribution in [3.8, 4) is 22.9 Å². The zero-order valence-corrected chi connectivity index (χ0v) is 23.3. The van der Waals surface area contributed by atoms with Crippen molar-refractivity contribution < 1.29 is 9.53 Å². The highest BCUT2D eigenvalue weighted by Crippen LogP contribution is 2.34. The first-order valence-corrected chi connectivity index (χ1v) is 13.5. The van der Waals surface area contributed by atoms with Gasteiger partial charge >= 0.3 is 0 Å². The lowest BCUT2D eigenvalue weighted by molar-refractivity contribution is -0.124. The minimum Gasteiger partial charge on any atom is -0.492 e. The molecule has 4 rings (SSSR count). The van der Waals surface area contributed by atoms with E-state index in [-0.39, 0.29) is 11.4 Å². The van der Waals surface area contributed by atoms with E-state index in [4.69, 9.17) is 9.72 Å². The number of aromatic nitrogens is 3. The Balaban J connectivity index is 1.54. The molecular weight excluding hydrogens is 490 g/mol. The summed E-state index contributed by atoms with van der Waals surface area (Å²) >= 11 is 0. The van der Waals surface area contributed by atoms with Crippen LogP contribution in [0.5, 0.6) is 5.75 Å². The van der Waals surface area contributed by atoms with Crippen LogP contribution in [0.4, 0.5) is 5.82 Å². The Bertz CT molecular complexity index is 1390. The van der Waals surface area contributed by atoms with Gasteiger partial charge < -0.3 is 15.0 Å². The third-order valence-corrected chi connectivity index (χ3v) is 6.97. The number of nitriles is 1.